The van der Waals surface area contributed by atoms with Crippen LogP contribution in [-0.2, 0) is 0 Å². The highest BCUT2D eigenvalue weighted by Crippen LogP contribution is 2.25. The fraction of sp³-hybridized carbons (Fsp3) is 0.160. The van der Waals surface area contributed by atoms with Gasteiger partial charge in [0.25, 0.3) is 5.56 Å². The van der Waals surface area contributed by atoms with Crippen molar-refractivity contribution in [2.75, 3.05) is 7.11 Å². The number of hydrogen-bond donors (Lipinski definition) is 0. The van der Waals surface area contributed by atoms with E-state index in [9.17, 15) is 14.0 Å². The molecule has 2 aromatic carbocycles. The molecule has 4 rings (SSSR count). The lowest BCUT2D eigenvalue weighted by molar-refractivity contribution is 0.103. The summed E-state index contributed by atoms with van der Waals surface area (Å²) in [6.45, 7) is 3.71. The Hall–Kier alpha value is -4.00. The number of ketones is 1. The van der Waals surface area contributed by atoms with E-state index in [1.165, 1.54) is 29.9 Å². The van der Waals surface area contributed by atoms with Crippen molar-refractivity contribution in [1.82, 2.24) is 14.1 Å². The summed E-state index contributed by atoms with van der Waals surface area (Å²) in [6.07, 6.45) is 5.14. The molecule has 32 heavy (non-hydrogen) atoms. The Morgan fingerprint density at radius 2 is 1.88 bits per heavy atom. The van der Waals surface area contributed by atoms with Gasteiger partial charge in [0.1, 0.15) is 11.6 Å². The number of pyridine rings is 1. The third-order valence-electron chi connectivity index (χ3n) is 5.42. The first kappa shape index (κ1) is 21.2. The number of carbonyl (C=O) groups is 1. The molecule has 0 N–H and O–H groups in total. The highest BCUT2D eigenvalue weighted by atomic mass is 19.1. The molecule has 162 valence electrons. The second-order valence-corrected chi connectivity index (χ2v) is 7.50. The SMILES string of the molecule is COc1cc(C(=O)c2cccn(C(C)c3ccc(F)cc3)c2=O)ccc1-n1cnc(C)c1. The first-order chi connectivity index (χ1) is 15.4. The van der Waals surface area contributed by atoms with Crippen LogP contribution >= 0.6 is 0 Å². The molecule has 7 heteroatoms. The molecule has 2 aromatic heterocycles. The predicted molar refractivity (Wildman–Crippen MR) is 119 cm³/mol. The molecule has 2 heterocycles. The number of ether oxygens (including phenoxy) is 1. The van der Waals surface area contributed by atoms with Gasteiger partial charge in [0.2, 0.25) is 0 Å². The van der Waals surface area contributed by atoms with Crippen LogP contribution in [0, 0.1) is 12.7 Å². The molecule has 0 bridgehead atoms. The van der Waals surface area contributed by atoms with Gasteiger partial charge >= 0.3 is 0 Å². The fourth-order valence-corrected chi connectivity index (χ4v) is 3.63. The predicted octanol–water partition coefficient (Wildman–Crippen LogP) is 4.33. The molecule has 0 saturated heterocycles. The fourth-order valence-electron chi connectivity index (χ4n) is 3.63. The normalized spacial score (nSPS) is 11.9. The summed E-state index contributed by atoms with van der Waals surface area (Å²) in [6, 6.07) is 13.8. The minimum atomic E-state index is -0.414. The van der Waals surface area contributed by atoms with Crippen molar-refractivity contribution in [3.8, 4) is 11.4 Å². The van der Waals surface area contributed by atoms with E-state index in [4.69, 9.17) is 4.74 Å². The van der Waals surface area contributed by atoms with E-state index < -0.39 is 11.3 Å². The van der Waals surface area contributed by atoms with Gasteiger partial charge in [0.05, 0.1) is 36.4 Å². The van der Waals surface area contributed by atoms with Crippen molar-refractivity contribution < 1.29 is 13.9 Å². The molecular formula is C25H22FN3O3. The van der Waals surface area contributed by atoms with Gasteiger partial charge in [-0.3, -0.25) is 9.59 Å². The zero-order valence-electron chi connectivity index (χ0n) is 17.9. The van der Waals surface area contributed by atoms with E-state index in [0.29, 0.717) is 11.3 Å². The van der Waals surface area contributed by atoms with Gasteiger partial charge in [-0.15, -0.1) is 0 Å². The number of methoxy groups -OCH3 is 1. The Morgan fingerprint density at radius 1 is 1.12 bits per heavy atom. The number of benzene rings is 2. The molecule has 1 unspecified atom stereocenters. The van der Waals surface area contributed by atoms with Crippen LogP contribution < -0.4 is 10.3 Å². The van der Waals surface area contributed by atoms with Gasteiger partial charge in [-0.05, 0) is 61.9 Å². The van der Waals surface area contributed by atoms with E-state index in [0.717, 1.165) is 16.9 Å². The Kier molecular flexibility index (Phi) is 5.73. The lowest BCUT2D eigenvalue weighted by Gasteiger charge is -2.16. The summed E-state index contributed by atoms with van der Waals surface area (Å²) in [4.78, 5) is 30.6. The lowest BCUT2D eigenvalue weighted by Crippen LogP contribution is -2.28. The molecule has 0 radical (unpaired) electrons. The number of aryl methyl sites for hydroxylation is 1. The molecule has 0 aliphatic rings. The van der Waals surface area contributed by atoms with E-state index in [1.54, 1.807) is 48.9 Å². The third-order valence-corrected chi connectivity index (χ3v) is 5.42. The molecule has 0 aliphatic heterocycles. The zero-order valence-corrected chi connectivity index (χ0v) is 17.9. The second-order valence-electron chi connectivity index (χ2n) is 7.50. The van der Waals surface area contributed by atoms with Crippen LogP contribution in [-0.4, -0.2) is 27.0 Å². The maximum absolute atomic E-state index is 13.3. The number of imidazole rings is 1. The summed E-state index contributed by atoms with van der Waals surface area (Å²) >= 11 is 0. The highest BCUT2D eigenvalue weighted by molar-refractivity contribution is 6.09. The van der Waals surface area contributed by atoms with Crippen LogP contribution in [0.1, 0.15) is 40.1 Å². The number of halogens is 1. The smallest absolute Gasteiger partial charge is 0.262 e. The quantitative estimate of drug-likeness (QED) is 0.426. The van der Waals surface area contributed by atoms with Crippen molar-refractivity contribution >= 4 is 5.78 Å². The molecule has 4 aromatic rings. The molecule has 1 atom stereocenters. The number of carbonyl (C=O) groups excluding carboxylic acids is 1. The van der Waals surface area contributed by atoms with Crippen LogP contribution in [0.2, 0.25) is 0 Å². The molecule has 0 amide bonds. The first-order valence-corrected chi connectivity index (χ1v) is 10.1. The van der Waals surface area contributed by atoms with Crippen molar-refractivity contribution in [3.63, 3.8) is 0 Å². The molecule has 0 saturated carbocycles. The lowest BCUT2D eigenvalue weighted by atomic mass is 10.0. The average molecular weight is 431 g/mol. The second kappa shape index (κ2) is 8.63. The summed E-state index contributed by atoms with van der Waals surface area (Å²) in [5.74, 6) is -0.257. The maximum Gasteiger partial charge on any atom is 0.262 e. The average Bonchev–Trinajstić information content (AvgIpc) is 3.24. The molecule has 0 fully saturated rings. The standard InChI is InChI=1S/C25H22FN3O3/c1-16-14-28(15-27-16)22-11-8-19(13-23(22)32-3)24(30)21-5-4-12-29(25(21)31)17(2)18-6-9-20(26)10-7-18/h4-15,17H,1-3H3. The molecule has 6 nitrogen and oxygen atoms in total. The van der Waals surface area contributed by atoms with Crippen LogP contribution in [0.25, 0.3) is 5.69 Å². The van der Waals surface area contributed by atoms with Crippen LogP contribution in [0.15, 0.2) is 78.1 Å². The minimum Gasteiger partial charge on any atom is -0.495 e. The Morgan fingerprint density at radius 3 is 2.53 bits per heavy atom. The summed E-state index contributed by atoms with van der Waals surface area (Å²) in [5.41, 5.74) is 2.33. The van der Waals surface area contributed by atoms with Crippen LogP contribution in [0.4, 0.5) is 4.39 Å². The van der Waals surface area contributed by atoms with Crippen LogP contribution in [0.5, 0.6) is 5.75 Å². The molecular weight excluding hydrogens is 409 g/mol. The van der Waals surface area contributed by atoms with Gasteiger partial charge in [-0.25, -0.2) is 9.37 Å². The summed E-state index contributed by atoms with van der Waals surface area (Å²) in [5, 5.41) is 0. The van der Waals surface area contributed by atoms with E-state index in [2.05, 4.69) is 4.98 Å². The van der Waals surface area contributed by atoms with Gasteiger partial charge in [0.15, 0.2) is 5.78 Å². The van der Waals surface area contributed by atoms with Crippen LogP contribution in [0.3, 0.4) is 0 Å². The Balaban J connectivity index is 1.70. The Bertz CT molecular complexity index is 1340. The van der Waals surface area contributed by atoms with Gasteiger partial charge in [-0.2, -0.15) is 0 Å². The monoisotopic (exact) mass is 431 g/mol. The minimum absolute atomic E-state index is 0.0507. The van der Waals surface area contributed by atoms with Gasteiger partial charge < -0.3 is 13.9 Å². The molecule has 0 spiro atoms. The zero-order chi connectivity index (χ0) is 22.8. The highest BCUT2D eigenvalue weighted by Gasteiger charge is 2.19. The summed E-state index contributed by atoms with van der Waals surface area (Å²) < 4.78 is 22.0. The number of hydrogen-bond acceptors (Lipinski definition) is 4. The number of rotatable bonds is 6. The van der Waals surface area contributed by atoms with E-state index in [-0.39, 0.29) is 17.4 Å². The number of aromatic nitrogens is 3. The van der Waals surface area contributed by atoms with Crippen molar-refractivity contribution in [3.05, 3.63) is 112 Å². The Labute approximate surface area is 184 Å². The van der Waals surface area contributed by atoms with Crippen molar-refractivity contribution in [2.24, 2.45) is 0 Å². The van der Waals surface area contributed by atoms with Crippen molar-refractivity contribution in [1.29, 1.82) is 0 Å². The maximum atomic E-state index is 13.3. The van der Waals surface area contributed by atoms with E-state index in [1.807, 2.05) is 24.6 Å². The molecule has 0 aliphatic carbocycles. The third kappa shape index (κ3) is 3.97. The van der Waals surface area contributed by atoms with Gasteiger partial charge in [-0.1, -0.05) is 12.1 Å². The van der Waals surface area contributed by atoms with Gasteiger partial charge in [0, 0.05) is 18.0 Å². The first-order valence-electron chi connectivity index (χ1n) is 10.1. The van der Waals surface area contributed by atoms with Crippen molar-refractivity contribution in [2.45, 2.75) is 19.9 Å². The largest absolute Gasteiger partial charge is 0.495 e. The number of nitrogens with zero attached hydrogens (tertiary/aromatic N) is 3. The summed E-state index contributed by atoms with van der Waals surface area (Å²) in [7, 11) is 1.52. The topological polar surface area (TPSA) is 66.1 Å². The van der Waals surface area contributed by atoms with E-state index >= 15 is 0 Å².